The normalized spacial score (nSPS) is 12.4. The zero-order chi connectivity index (χ0) is 34.9. The Labute approximate surface area is 287 Å². The van der Waals surface area contributed by atoms with Crippen molar-refractivity contribution < 1.29 is 33.4 Å². The van der Waals surface area contributed by atoms with Gasteiger partial charge in [-0.2, -0.15) is 0 Å². The van der Waals surface area contributed by atoms with Crippen molar-refractivity contribution in [2.24, 2.45) is 5.92 Å². The Balaban J connectivity index is 2.02. The molecule has 9 nitrogen and oxygen atoms in total. The minimum Gasteiger partial charge on any atom is -0.465 e. The van der Waals surface area contributed by atoms with Crippen LogP contribution in [0.5, 0.6) is 0 Å². The summed E-state index contributed by atoms with van der Waals surface area (Å²) in [5, 5.41) is 0.866. The topological polar surface area (TPSA) is 104 Å². The molecular formula is C36H47ClN2O7S. The number of fused-ring (bicyclic) bond motifs is 1. The van der Waals surface area contributed by atoms with Crippen molar-refractivity contribution in [1.29, 1.82) is 0 Å². The number of thioether (sulfide) groups is 1. The van der Waals surface area contributed by atoms with Crippen LogP contribution < -0.4 is 4.90 Å². The van der Waals surface area contributed by atoms with Gasteiger partial charge in [0.1, 0.15) is 11.2 Å². The smallest absolute Gasteiger partial charge is 0.422 e. The molecule has 1 aromatic heterocycles. The fourth-order valence-corrected chi connectivity index (χ4v) is 5.90. The van der Waals surface area contributed by atoms with Crippen LogP contribution in [0.3, 0.4) is 0 Å². The van der Waals surface area contributed by atoms with E-state index in [0.717, 1.165) is 30.6 Å². The summed E-state index contributed by atoms with van der Waals surface area (Å²) in [5.74, 6) is -0.280. The quantitative estimate of drug-likeness (QED) is 0.105. The van der Waals surface area contributed by atoms with Gasteiger partial charge in [-0.25, -0.2) is 14.5 Å². The lowest BCUT2D eigenvalue weighted by Crippen LogP contribution is -2.41. The molecule has 256 valence electrons. The van der Waals surface area contributed by atoms with E-state index >= 15 is 0 Å². The van der Waals surface area contributed by atoms with E-state index in [1.807, 2.05) is 6.07 Å². The summed E-state index contributed by atoms with van der Waals surface area (Å²) in [7, 11) is 0. The number of esters is 1. The Bertz CT molecular complexity index is 1550. The first-order chi connectivity index (χ1) is 22.0. The first-order valence-corrected chi connectivity index (χ1v) is 17.4. The van der Waals surface area contributed by atoms with Gasteiger partial charge in [-0.05, 0) is 90.3 Å². The summed E-state index contributed by atoms with van der Waals surface area (Å²) in [6.45, 7) is 15.0. The maximum absolute atomic E-state index is 14.4. The number of nitrogens with zero attached hydrogens (tertiary/aromatic N) is 2. The summed E-state index contributed by atoms with van der Waals surface area (Å²) in [4.78, 5) is 55.6. The fraction of sp³-hybridized carbons (Fsp3) is 0.500. The zero-order valence-corrected chi connectivity index (χ0v) is 30.3. The van der Waals surface area contributed by atoms with Crippen LogP contribution >= 0.6 is 23.4 Å². The molecule has 0 N–H and O–H groups in total. The molecule has 0 saturated heterocycles. The Morgan fingerprint density at radius 1 is 0.936 bits per heavy atom. The number of halogens is 1. The number of amides is 2. The second-order valence-corrected chi connectivity index (χ2v) is 14.9. The van der Waals surface area contributed by atoms with E-state index in [1.54, 1.807) is 77.9 Å². The third-order valence-corrected chi connectivity index (χ3v) is 8.37. The Kier molecular flexibility index (Phi) is 13.4. The first kappa shape index (κ1) is 38.0. The second-order valence-electron chi connectivity index (χ2n) is 13.3. The maximum atomic E-state index is 14.4. The molecule has 2 amide bonds. The highest BCUT2D eigenvalue weighted by Crippen LogP contribution is 2.35. The second kappa shape index (κ2) is 16.6. The first-order valence-electron chi connectivity index (χ1n) is 16.0. The predicted octanol–water partition coefficient (Wildman–Crippen LogP) is 9.90. The van der Waals surface area contributed by atoms with E-state index in [-0.39, 0.29) is 23.6 Å². The third-order valence-electron chi connectivity index (χ3n) is 7.06. The Morgan fingerprint density at radius 2 is 1.60 bits per heavy atom. The minimum atomic E-state index is -0.894. The number of hydrogen-bond acceptors (Lipinski definition) is 8. The van der Waals surface area contributed by atoms with E-state index in [9.17, 15) is 19.2 Å². The van der Waals surface area contributed by atoms with E-state index in [2.05, 4.69) is 13.8 Å². The molecule has 11 heteroatoms. The molecule has 0 saturated carbocycles. The molecule has 1 heterocycles. The molecule has 3 aromatic rings. The van der Waals surface area contributed by atoms with Gasteiger partial charge in [0.05, 0.1) is 29.8 Å². The number of carbonyl (C=O) groups excluding carboxylic acids is 4. The van der Waals surface area contributed by atoms with Gasteiger partial charge in [-0.15, -0.1) is 11.8 Å². The van der Waals surface area contributed by atoms with Gasteiger partial charge >= 0.3 is 18.2 Å². The number of hydrogen-bond donors (Lipinski definition) is 0. The minimum absolute atomic E-state index is 0.0825. The molecule has 0 fully saturated rings. The van der Waals surface area contributed by atoms with Crippen molar-refractivity contribution in [2.45, 2.75) is 104 Å². The highest BCUT2D eigenvalue weighted by atomic mass is 35.5. The van der Waals surface area contributed by atoms with Gasteiger partial charge in [0.2, 0.25) is 0 Å². The molecular weight excluding hydrogens is 640 g/mol. The molecule has 1 atom stereocenters. The maximum Gasteiger partial charge on any atom is 0.422 e. The summed E-state index contributed by atoms with van der Waals surface area (Å²) in [6, 6.07) is 11.5. The van der Waals surface area contributed by atoms with Gasteiger partial charge in [0.15, 0.2) is 0 Å². The number of benzene rings is 2. The zero-order valence-electron chi connectivity index (χ0n) is 28.7. The van der Waals surface area contributed by atoms with Crippen LogP contribution in [-0.4, -0.2) is 52.2 Å². The van der Waals surface area contributed by atoms with Gasteiger partial charge in [-0.1, -0.05) is 50.8 Å². The van der Waals surface area contributed by atoms with Crippen molar-refractivity contribution in [2.75, 3.05) is 17.3 Å². The Hall–Kier alpha value is -3.50. The number of imide groups is 1. The van der Waals surface area contributed by atoms with Gasteiger partial charge < -0.3 is 14.2 Å². The number of anilines is 1. The summed E-state index contributed by atoms with van der Waals surface area (Å²) < 4.78 is 18.1. The van der Waals surface area contributed by atoms with E-state index in [4.69, 9.17) is 25.8 Å². The lowest BCUT2D eigenvalue weighted by atomic mass is 10.0. The highest BCUT2D eigenvalue weighted by Gasteiger charge is 2.33. The molecule has 0 aliphatic heterocycles. The molecule has 0 spiro atoms. The van der Waals surface area contributed by atoms with E-state index < -0.39 is 29.3 Å². The largest absolute Gasteiger partial charge is 0.465 e. The number of carbonyl (C=O) groups is 4. The average Bonchev–Trinajstić information content (AvgIpc) is 3.37. The number of rotatable bonds is 12. The summed E-state index contributed by atoms with van der Waals surface area (Å²) >= 11 is 7.47. The molecule has 0 radical (unpaired) electrons. The van der Waals surface area contributed by atoms with Crippen LogP contribution in [-0.2, 0) is 19.0 Å². The summed E-state index contributed by atoms with van der Waals surface area (Å²) in [5.41, 5.74) is -0.959. The lowest BCUT2D eigenvalue weighted by Gasteiger charge is -2.26. The Morgan fingerprint density at radius 3 is 2.19 bits per heavy atom. The van der Waals surface area contributed by atoms with Crippen molar-refractivity contribution >= 4 is 64.0 Å². The molecule has 1 unspecified atom stereocenters. The van der Waals surface area contributed by atoms with Crippen LogP contribution in [0.15, 0.2) is 53.6 Å². The number of unbranched alkanes of at least 4 members (excludes halogenated alkanes) is 1. The molecule has 47 heavy (non-hydrogen) atoms. The van der Waals surface area contributed by atoms with Crippen molar-refractivity contribution in [3.8, 4) is 0 Å². The van der Waals surface area contributed by atoms with Crippen molar-refractivity contribution in [3.63, 3.8) is 0 Å². The van der Waals surface area contributed by atoms with Crippen molar-refractivity contribution in [1.82, 2.24) is 4.57 Å². The van der Waals surface area contributed by atoms with Crippen LogP contribution in [0.25, 0.3) is 10.9 Å². The van der Waals surface area contributed by atoms with Gasteiger partial charge in [0, 0.05) is 27.3 Å². The van der Waals surface area contributed by atoms with Crippen molar-refractivity contribution in [3.05, 3.63) is 59.2 Å². The highest BCUT2D eigenvalue weighted by molar-refractivity contribution is 7.99. The molecule has 0 aliphatic carbocycles. The van der Waals surface area contributed by atoms with Crippen LogP contribution in [0.4, 0.5) is 15.3 Å². The summed E-state index contributed by atoms with van der Waals surface area (Å²) in [6.07, 6.45) is 4.15. The molecule has 0 bridgehead atoms. The van der Waals surface area contributed by atoms with E-state index in [1.165, 1.54) is 22.5 Å². The average molecular weight is 687 g/mol. The fourth-order valence-electron chi connectivity index (χ4n) is 4.75. The molecule has 2 aromatic carbocycles. The molecule has 0 aliphatic rings. The third kappa shape index (κ3) is 11.0. The monoisotopic (exact) mass is 686 g/mol. The molecule has 3 rings (SSSR count). The SMILES string of the molecule is CCCCC(CC)COC(=O)CCSc1cccc2c1c(C(=O)N(C(=O)OC(C)(C)C)c1ccc(Cl)cc1)cn2C(=O)OC(C)(C)C. The lowest BCUT2D eigenvalue weighted by molar-refractivity contribution is -0.144. The van der Waals surface area contributed by atoms with Gasteiger partial charge in [-0.3, -0.25) is 14.2 Å². The predicted molar refractivity (Wildman–Crippen MR) is 188 cm³/mol. The number of ether oxygens (including phenoxy) is 3. The van der Waals surface area contributed by atoms with Crippen LogP contribution in [0.2, 0.25) is 5.02 Å². The van der Waals surface area contributed by atoms with Crippen LogP contribution in [0.1, 0.15) is 97.9 Å². The van der Waals surface area contributed by atoms with E-state index in [0.29, 0.717) is 39.1 Å². The standard InChI is InChI=1S/C36H47ClN2O7S/c1-9-11-13-24(10-2)23-44-30(40)20-21-47-29-15-12-14-28-31(29)27(22-38(28)33(42)45-35(3,4)5)32(41)39(34(43)46-36(6,7)8)26-18-16-25(37)17-19-26/h12,14-19,22,24H,9-11,13,20-21,23H2,1-8H3. The van der Waals surface area contributed by atoms with Gasteiger partial charge in [0.25, 0.3) is 5.91 Å². The number of aromatic nitrogens is 1. The van der Waals surface area contributed by atoms with Crippen LogP contribution in [0, 0.1) is 5.92 Å².